The quantitative estimate of drug-likeness (QED) is 0.329. The minimum atomic E-state index is -1.06. The molecule has 1 aliphatic carbocycles. The number of carbonyl (C=O) groups is 1. The molecule has 15 heavy (non-hydrogen) atoms. The first-order chi connectivity index (χ1) is 6.98. The van der Waals surface area contributed by atoms with E-state index in [1.54, 1.807) is 20.8 Å². The molecule has 0 aromatic rings. The molecule has 1 rings (SSSR count). The van der Waals surface area contributed by atoms with Crippen molar-refractivity contribution in [2.24, 2.45) is 15.9 Å². The lowest BCUT2D eigenvalue weighted by Crippen LogP contribution is -2.28. The first-order valence-corrected chi connectivity index (χ1v) is 4.81. The van der Waals surface area contributed by atoms with E-state index in [0.29, 0.717) is 0 Å². The highest BCUT2D eigenvalue weighted by Gasteiger charge is 2.76. The van der Waals surface area contributed by atoms with Gasteiger partial charge < -0.3 is 9.84 Å². The van der Waals surface area contributed by atoms with Crippen LogP contribution in [0.3, 0.4) is 0 Å². The maximum Gasteiger partial charge on any atom is 0.315 e. The van der Waals surface area contributed by atoms with Gasteiger partial charge in [-0.3, -0.25) is 4.79 Å². The minimum Gasteiger partial charge on any atom is -0.465 e. The first-order valence-electron chi connectivity index (χ1n) is 4.81. The third-order valence-corrected chi connectivity index (χ3v) is 3.27. The van der Waals surface area contributed by atoms with Gasteiger partial charge in [0.15, 0.2) is 0 Å². The third-order valence-electron chi connectivity index (χ3n) is 3.27. The highest BCUT2D eigenvalue weighted by Crippen LogP contribution is 2.65. The summed E-state index contributed by atoms with van der Waals surface area (Å²) in [4.78, 5) is 14.4. The number of hydrogen-bond donors (Lipinski definition) is 1. The van der Waals surface area contributed by atoms with Crippen molar-refractivity contribution in [2.45, 2.75) is 26.8 Å². The second-order valence-electron chi connectivity index (χ2n) is 4.18. The predicted molar refractivity (Wildman–Crippen MR) is 52.9 cm³/mol. The Bertz CT molecular complexity index is 323. The monoisotopic (exact) mass is 213 g/mol. The molecule has 2 atom stereocenters. The van der Waals surface area contributed by atoms with Crippen LogP contribution in [0.25, 0.3) is 10.4 Å². The predicted octanol–water partition coefficient (Wildman–Crippen LogP) is 1.25. The Morgan fingerprint density at radius 3 is 2.67 bits per heavy atom. The Morgan fingerprint density at radius 1 is 1.67 bits per heavy atom. The lowest BCUT2D eigenvalue weighted by molar-refractivity contribution is -0.153. The zero-order valence-corrected chi connectivity index (χ0v) is 9.10. The molecular weight excluding hydrogens is 198 g/mol. The van der Waals surface area contributed by atoms with Gasteiger partial charge in [0.25, 0.3) is 0 Å². The summed E-state index contributed by atoms with van der Waals surface area (Å²) in [5.41, 5.74) is 6.77. The van der Waals surface area contributed by atoms with Crippen LogP contribution in [0.5, 0.6) is 0 Å². The molecule has 1 fully saturated rings. The Hall–Kier alpha value is -1.26. The summed E-state index contributed by atoms with van der Waals surface area (Å²) >= 11 is 0. The normalized spacial score (nSPS) is 31.6. The SMILES string of the molecule is CCOC(=O)C1(CO)C(N=[N+]=[N-])C1(C)C. The van der Waals surface area contributed by atoms with Crippen LogP contribution in [0.4, 0.5) is 0 Å². The van der Waals surface area contributed by atoms with Gasteiger partial charge >= 0.3 is 5.97 Å². The molecular formula is C9H15N3O3. The van der Waals surface area contributed by atoms with E-state index in [1.165, 1.54) is 0 Å². The van der Waals surface area contributed by atoms with Gasteiger partial charge in [0.05, 0.1) is 19.3 Å². The number of carbonyl (C=O) groups excluding carboxylic acids is 1. The van der Waals surface area contributed by atoms with Crippen LogP contribution < -0.4 is 0 Å². The Kier molecular flexibility index (Phi) is 2.93. The van der Waals surface area contributed by atoms with Gasteiger partial charge in [0, 0.05) is 4.91 Å². The third kappa shape index (κ3) is 1.37. The Morgan fingerprint density at radius 2 is 2.27 bits per heavy atom. The molecule has 0 aliphatic heterocycles. The van der Waals surface area contributed by atoms with Crippen molar-refractivity contribution in [3.63, 3.8) is 0 Å². The standard InChI is InChI=1S/C9H15N3O3/c1-4-15-7(14)9(5-13)6(11-12-10)8(9,2)3/h6,13H,4-5H2,1-3H3. The molecule has 0 heterocycles. The van der Waals surface area contributed by atoms with Crippen LogP contribution in [0, 0.1) is 10.8 Å². The molecule has 0 bridgehead atoms. The summed E-state index contributed by atoms with van der Waals surface area (Å²) in [7, 11) is 0. The average molecular weight is 213 g/mol. The molecule has 2 unspecified atom stereocenters. The van der Waals surface area contributed by atoms with E-state index in [0.717, 1.165) is 0 Å². The van der Waals surface area contributed by atoms with Crippen LogP contribution in [-0.4, -0.2) is 30.3 Å². The molecule has 0 radical (unpaired) electrons. The number of esters is 1. The molecule has 1 saturated carbocycles. The highest BCUT2D eigenvalue weighted by atomic mass is 16.5. The van der Waals surface area contributed by atoms with Crippen molar-refractivity contribution in [1.29, 1.82) is 0 Å². The fraction of sp³-hybridized carbons (Fsp3) is 0.889. The topological polar surface area (TPSA) is 95.3 Å². The lowest BCUT2D eigenvalue weighted by Gasteiger charge is -2.15. The van der Waals surface area contributed by atoms with Gasteiger partial charge in [-0.1, -0.05) is 19.0 Å². The van der Waals surface area contributed by atoms with Crippen molar-refractivity contribution in [3.8, 4) is 0 Å². The molecule has 0 aromatic heterocycles. The number of azide groups is 1. The number of hydrogen-bond acceptors (Lipinski definition) is 4. The van der Waals surface area contributed by atoms with Crippen LogP contribution >= 0.6 is 0 Å². The summed E-state index contributed by atoms with van der Waals surface area (Å²) in [6.45, 7) is 5.14. The summed E-state index contributed by atoms with van der Waals surface area (Å²) in [6.07, 6.45) is 0. The van der Waals surface area contributed by atoms with Crippen molar-refractivity contribution >= 4 is 5.97 Å². The van der Waals surface area contributed by atoms with Gasteiger partial charge in [0.1, 0.15) is 5.41 Å². The Labute approximate surface area is 87.9 Å². The summed E-state index contributed by atoms with van der Waals surface area (Å²) in [5.74, 6) is -0.491. The lowest BCUT2D eigenvalue weighted by atomic mass is 9.97. The van der Waals surface area contributed by atoms with Crippen LogP contribution in [0.2, 0.25) is 0 Å². The van der Waals surface area contributed by atoms with Gasteiger partial charge in [0.2, 0.25) is 0 Å². The van der Waals surface area contributed by atoms with Crippen molar-refractivity contribution in [2.75, 3.05) is 13.2 Å². The van der Waals surface area contributed by atoms with Crippen LogP contribution in [0.1, 0.15) is 20.8 Å². The van der Waals surface area contributed by atoms with Crippen molar-refractivity contribution in [1.82, 2.24) is 0 Å². The molecule has 0 aromatic carbocycles. The zero-order valence-electron chi connectivity index (χ0n) is 9.10. The average Bonchev–Trinajstić information content (AvgIpc) is 2.65. The van der Waals surface area contributed by atoms with E-state index < -0.39 is 22.8 Å². The smallest absolute Gasteiger partial charge is 0.315 e. The van der Waals surface area contributed by atoms with Gasteiger partial charge in [-0.05, 0) is 17.9 Å². The number of aliphatic hydroxyl groups is 1. The second kappa shape index (κ2) is 3.72. The fourth-order valence-electron chi connectivity index (χ4n) is 2.11. The van der Waals surface area contributed by atoms with Crippen LogP contribution in [0.15, 0.2) is 5.11 Å². The zero-order chi connectivity index (χ0) is 11.7. The molecule has 1 aliphatic rings. The first kappa shape index (κ1) is 11.8. The molecule has 84 valence electrons. The summed E-state index contributed by atoms with van der Waals surface area (Å²) in [5, 5.41) is 12.8. The Balaban J connectivity index is 2.98. The van der Waals surface area contributed by atoms with E-state index >= 15 is 0 Å². The van der Waals surface area contributed by atoms with Gasteiger partial charge in [-0.2, -0.15) is 0 Å². The number of nitrogens with zero attached hydrogens (tertiary/aromatic N) is 3. The number of ether oxygens (including phenoxy) is 1. The van der Waals surface area contributed by atoms with Crippen molar-refractivity contribution in [3.05, 3.63) is 10.4 Å². The maximum absolute atomic E-state index is 11.7. The highest BCUT2D eigenvalue weighted by molar-refractivity contribution is 5.84. The molecule has 0 saturated heterocycles. The summed E-state index contributed by atoms with van der Waals surface area (Å²) < 4.78 is 4.89. The van der Waals surface area contributed by atoms with E-state index in [9.17, 15) is 9.90 Å². The van der Waals surface area contributed by atoms with Crippen LogP contribution in [-0.2, 0) is 9.53 Å². The van der Waals surface area contributed by atoms with Gasteiger partial charge in [-0.25, -0.2) is 0 Å². The van der Waals surface area contributed by atoms with E-state index in [2.05, 4.69) is 10.0 Å². The van der Waals surface area contributed by atoms with E-state index in [1.807, 2.05) is 0 Å². The molecule has 0 amide bonds. The van der Waals surface area contributed by atoms with Gasteiger partial charge in [-0.15, -0.1) is 0 Å². The summed E-state index contributed by atoms with van der Waals surface area (Å²) in [6, 6.07) is -0.529. The van der Waals surface area contributed by atoms with E-state index in [-0.39, 0.29) is 13.2 Å². The van der Waals surface area contributed by atoms with E-state index in [4.69, 9.17) is 10.3 Å². The fourth-order valence-corrected chi connectivity index (χ4v) is 2.11. The molecule has 6 nitrogen and oxygen atoms in total. The number of rotatable bonds is 4. The maximum atomic E-state index is 11.7. The minimum absolute atomic E-state index is 0.250. The van der Waals surface area contributed by atoms with Crippen molar-refractivity contribution < 1.29 is 14.6 Å². The molecule has 0 spiro atoms. The largest absolute Gasteiger partial charge is 0.465 e. The second-order valence-corrected chi connectivity index (χ2v) is 4.18. The molecule has 1 N–H and O–H groups in total. The number of aliphatic hydroxyl groups excluding tert-OH is 1. The molecule has 6 heteroatoms.